The molecule has 2 aromatic carbocycles. The number of hydrogen-bond donors (Lipinski definition) is 0. The molecule has 178 valence electrons. The van der Waals surface area contributed by atoms with Gasteiger partial charge in [-0.3, -0.25) is 4.79 Å². The summed E-state index contributed by atoms with van der Waals surface area (Å²) in [6.07, 6.45) is 3.04. The minimum absolute atomic E-state index is 0.0300. The fraction of sp³-hybridized carbons (Fsp3) is 0.480. The van der Waals surface area contributed by atoms with E-state index < -0.39 is 10.0 Å². The van der Waals surface area contributed by atoms with E-state index in [1.165, 1.54) is 9.87 Å². The summed E-state index contributed by atoms with van der Waals surface area (Å²) in [6, 6.07) is 15.3. The number of carbonyl (C=O) groups is 1. The third-order valence-electron chi connectivity index (χ3n) is 6.44. The molecule has 7 nitrogen and oxygen atoms in total. The van der Waals surface area contributed by atoms with Gasteiger partial charge in [0, 0.05) is 26.2 Å². The van der Waals surface area contributed by atoms with Gasteiger partial charge in [0.25, 0.3) is 5.91 Å². The summed E-state index contributed by atoms with van der Waals surface area (Å²) in [5.74, 6) is 1.10. The number of benzene rings is 2. The van der Waals surface area contributed by atoms with Gasteiger partial charge >= 0.3 is 0 Å². The first-order chi connectivity index (χ1) is 15.9. The maximum absolute atomic E-state index is 12.8. The molecular formula is C25H32N2O5S. The predicted molar refractivity (Wildman–Crippen MR) is 126 cm³/mol. The van der Waals surface area contributed by atoms with Crippen molar-refractivity contribution in [1.82, 2.24) is 9.21 Å². The van der Waals surface area contributed by atoms with Gasteiger partial charge in [0.15, 0.2) is 6.61 Å². The summed E-state index contributed by atoms with van der Waals surface area (Å²) < 4.78 is 38.1. The Kier molecular flexibility index (Phi) is 7.67. The maximum Gasteiger partial charge on any atom is 0.260 e. The summed E-state index contributed by atoms with van der Waals surface area (Å²) in [5, 5.41) is 0. The first kappa shape index (κ1) is 23.7. The summed E-state index contributed by atoms with van der Waals surface area (Å²) in [4.78, 5) is 14.8. The average molecular weight is 473 g/mol. The van der Waals surface area contributed by atoms with Crippen LogP contribution in [0, 0.1) is 12.8 Å². The number of sulfonamides is 1. The highest BCUT2D eigenvalue weighted by atomic mass is 32.2. The smallest absolute Gasteiger partial charge is 0.260 e. The van der Waals surface area contributed by atoms with Crippen LogP contribution >= 0.6 is 0 Å². The molecule has 0 atom stereocenters. The first-order valence-corrected chi connectivity index (χ1v) is 13.0. The van der Waals surface area contributed by atoms with Crippen LogP contribution in [0.2, 0.25) is 0 Å². The van der Waals surface area contributed by atoms with Crippen LogP contribution in [-0.2, 0) is 26.0 Å². The number of nitrogens with zero attached hydrogens (tertiary/aromatic N) is 2. The number of ether oxygens (including phenoxy) is 2. The second-order valence-electron chi connectivity index (χ2n) is 8.75. The Bertz CT molecular complexity index is 1040. The van der Waals surface area contributed by atoms with Crippen LogP contribution in [0.4, 0.5) is 0 Å². The summed E-state index contributed by atoms with van der Waals surface area (Å²) in [5.41, 5.74) is 2.04. The molecule has 33 heavy (non-hydrogen) atoms. The van der Waals surface area contributed by atoms with Gasteiger partial charge in [0.1, 0.15) is 5.75 Å². The van der Waals surface area contributed by atoms with E-state index in [-0.39, 0.29) is 17.4 Å². The van der Waals surface area contributed by atoms with Crippen molar-refractivity contribution >= 4 is 15.9 Å². The van der Waals surface area contributed by atoms with Crippen LogP contribution in [0.5, 0.6) is 5.75 Å². The van der Waals surface area contributed by atoms with Crippen LogP contribution < -0.4 is 4.74 Å². The Labute approximate surface area is 196 Å². The van der Waals surface area contributed by atoms with Gasteiger partial charge in [-0.05, 0) is 61.4 Å². The molecule has 0 spiro atoms. The molecule has 2 fully saturated rings. The van der Waals surface area contributed by atoms with Gasteiger partial charge in [0.2, 0.25) is 10.0 Å². The van der Waals surface area contributed by atoms with E-state index in [0.717, 1.165) is 32.4 Å². The summed E-state index contributed by atoms with van der Waals surface area (Å²) in [6.45, 7) is 4.78. The normalized spacial score (nSPS) is 18.3. The highest BCUT2D eigenvalue weighted by Crippen LogP contribution is 2.25. The summed E-state index contributed by atoms with van der Waals surface area (Å²) in [7, 11) is -3.56. The van der Waals surface area contributed by atoms with Gasteiger partial charge in [-0.1, -0.05) is 30.3 Å². The van der Waals surface area contributed by atoms with E-state index in [9.17, 15) is 13.2 Å². The van der Waals surface area contributed by atoms with E-state index in [0.29, 0.717) is 43.5 Å². The second-order valence-corrected chi connectivity index (χ2v) is 10.7. The third kappa shape index (κ3) is 5.93. The van der Waals surface area contributed by atoms with Crippen LogP contribution in [-0.4, -0.2) is 69.5 Å². The molecule has 2 saturated heterocycles. The molecule has 0 radical (unpaired) electrons. The van der Waals surface area contributed by atoms with E-state index in [1.807, 2.05) is 11.0 Å². The number of hydrogen-bond acceptors (Lipinski definition) is 5. The van der Waals surface area contributed by atoms with Crippen molar-refractivity contribution in [3.05, 3.63) is 59.7 Å². The number of rotatable bonds is 7. The van der Waals surface area contributed by atoms with Gasteiger partial charge in [-0.15, -0.1) is 0 Å². The van der Waals surface area contributed by atoms with Crippen LogP contribution in [0.3, 0.4) is 0 Å². The molecule has 0 saturated carbocycles. The quantitative estimate of drug-likeness (QED) is 0.619. The van der Waals surface area contributed by atoms with Crippen molar-refractivity contribution in [2.24, 2.45) is 5.92 Å². The largest absolute Gasteiger partial charge is 0.483 e. The zero-order valence-corrected chi connectivity index (χ0v) is 19.9. The molecule has 0 unspecified atom stereocenters. The van der Waals surface area contributed by atoms with Crippen molar-refractivity contribution in [2.75, 3.05) is 46.0 Å². The molecule has 2 aromatic rings. The minimum atomic E-state index is -3.56. The zero-order chi connectivity index (χ0) is 23.3. The molecule has 0 bridgehead atoms. The van der Waals surface area contributed by atoms with Crippen LogP contribution in [0.15, 0.2) is 53.4 Å². The lowest BCUT2D eigenvalue weighted by molar-refractivity contribution is -0.134. The van der Waals surface area contributed by atoms with Crippen molar-refractivity contribution in [2.45, 2.75) is 31.1 Å². The van der Waals surface area contributed by atoms with Crippen molar-refractivity contribution < 1.29 is 22.7 Å². The van der Waals surface area contributed by atoms with Gasteiger partial charge in [-0.2, -0.15) is 4.31 Å². The van der Waals surface area contributed by atoms with E-state index in [1.54, 1.807) is 25.1 Å². The third-order valence-corrected chi connectivity index (χ3v) is 8.33. The molecule has 0 N–H and O–H groups in total. The lowest BCUT2D eigenvalue weighted by Gasteiger charge is -2.32. The van der Waals surface area contributed by atoms with Gasteiger partial charge in [-0.25, -0.2) is 8.42 Å². The molecule has 1 amide bonds. The summed E-state index contributed by atoms with van der Waals surface area (Å²) >= 11 is 0. The Balaban J connectivity index is 1.28. The average Bonchev–Trinajstić information content (AvgIpc) is 2.84. The highest BCUT2D eigenvalue weighted by molar-refractivity contribution is 7.89. The Morgan fingerprint density at radius 3 is 2.39 bits per heavy atom. The van der Waals surface area contributed by atoms with E-state index in [4.69, 9.17) is 9.47 Å². The van der Waals surface area contributed by atoms with Gasteiger partial charge < -0.3 is 14.4 Å². The fourth-order valence-electron chi connectivity index (χ4n) is 4.45. The maximum atomic E-state index is 12.8. The second kappa shape index (κ2) is 10.7. The highest BCUT2D eigenvalue weighted by Gasteiger charge is 2.27. The van der Waals surface area contributed by atoms with Crippen LogP contribution in [0.25, 0.3) is 0 Å². The molecule has 0 aliphatic carbocycles. The number of piperidine rings is 1. The molecule has 2 heterocycles. The molecule has 4 rings (SSSR count). The monoisotopic (exact) mass is 472 g/mol. The number of amides is 1. The minimum Gasteiger partial charge on any atom is -0.483 e. The number of morpholine rings is 1. The molecule has 0 aromatic heterocycles. The zero-order valence-electron chi connectivity index (χ0n) is 19.1. The lowest BCUT2D eigenvalue weighted by atomic mass is 9.90. The Morgan fingerprint density at radius 2 is 1.73 bits per heavy atom. The number of aryl methyl sites for hydroxylation is 1. The van der Waals surface area contributed by atoms with Crippen molar-refractivity contribution in [3.8, 4) is 5.75 Å². The Morgan fingerprint density at radius 1 is 1.03 bits per heavy atom. The van der Waals surface area contributed by atoms with Crippen molar-refractivity contribution in [1.29, 1.82) is 0 Å². The van der Waals surface area contributed by atoms with Crippen LogP contribution in [0.1, 0.15) is 24.0 Å². The molecule has 2 aliphatic rings. The van der Waals surface area contributed by atoms with E-state index >= 15 is 0 Å². The van der Waals surface area contributed by atoms with E-state index in [2.05, 4.69) is 24.3 Å². The standard InChI is InChI=1S/C25H32N2O5S/c1-20-17-23(33(29,30)27-13-15-31-16-14-27)7-8-24(20)32-19-25(28)26-11-9-22(10-12-26)18-21-5-3-2-4-6-21/h2-8,17,22H,9-16,18-19H2,1H3. The van der Waals surface area contributed by atoms with Gasteiger partial charge in [0.05, 0.1) is 18.1 Å². The number of carbonyl (C=O) groups excluding carboxylic acids is 1. The predicted octanol–water partition coefficient (Wildman–Crippen LogP) is 2.88. The Hall–Kier alpha value is -2.42. The molecular weight excluding hydrogens is 440 g/mol. The first-order valence-electron chi connectivity index (χ1n) is 11.6. The fourth-order valence-corrected chi connectivity index (χ4v) is 5.94. The lowest BCUT2D eigenvalue weighted by Crippen LogP contribution is -2.41. The number of likely N-dealkylation sites (tertiary alicyclic amines) is 1. The molecule has 8 heteroatoms. The topological polar surface area (TPSA) is 76.1 Å². The SMILES string of the molecule is Cc1cc(S(=O)(=O)N2CCOCC2)ccc1OCC(=O)N1CCC(Cc2ccccc2)CC1. The molecule has 2 aliphatic heterocycles. The van der Waals surface area contributed by atoms with Crippen molar-refractivity contribution in [3.63, 3.8) is 0 Å².